The third-order valence-corrected chi connectivity index (χ3v) is 12.3. The van der Waals surface area contributed by atoms with E-state index in [-0.39, 0.29) is 5.41 Å². The lowest BCUT2D eigenvalue weighted by molar-refractivity contribution is 0.714. The Hall–Kier alpha value is -6.70. The average molecular weight is 764 g/mol. The SMILES string of the molecule is C=C(/C=C\C)/C(C)=C/C(=C\C)c1ccc(N(c2ccc(-c3ccc(C)c(-c4cc(C)ccc4C)c3)cc2)c2ccc3c(c2)C(C)(c2ccccc2)c2ccccc2-3)cc1. The van der Waals surface area contributed by atoms with E-state index in [9.17, 15) is 0 Å². The van der Waals surface area contributed by atoms with Crippen molar-refractivity contribution in [3.8, 4) is 33.4 Å². The second kappa shape index (κ2) is 16.3. The van der Waals surface area contributed by atoms with Gasteiger partial charge in [0.05, 0.1) is 0 Å². The molecule has 1 aliphatic carbocycles. The van der Waals surface area contributed by atoms with E-state index in [4.69, 9.17) is 0 Å². The number of anilines is 3. The molecule has 0 fully saturated rings. The van der Waals surface area contributed by atoms with Crippen molar-refractivity contribution in [1.29, 1.82) is 0 Å². The molecule has 0 aromatic heterocycles. The summed E-state index contributed by atoms with van der Waals surface area (Å²) in [5, 5.41) is 0. The summed E-state index contributed by atoms with van der Waals surface area (Å²) in [6, 6.07) is 58.6. The highest BCUT2D eigenvalue weighted by atomic mass is 15.1. The van der Waals surface area contributed by atoms with Crippen LogP contribution in [0.3, 0.4) is 0 Å². The van der Waals surface area contributed by atoms with Crippen molar-refractivity contribution in [3.63, 3.8) is 0 Å². The first-order valence-corrected chi connectivity index (χ1v) is 20.8. The van der Waals surface area contributed by atoms with Crippen molar-refractivity contribution < 1.29 is 0 Å². The zero-order chi connectivity index (χ0) is 41.3. The number of nitrogens with zero attached hydrogens (tertiary/aromatic N) is 1. The summed E-state index contributed by atoms with van der Waals surface area (Å²) in [5.41, 5.74) is 22.9. The van der Waals surface area contributed by atoms with E-state index < -0.39 is 0 Å². The third-order valence-electron chi connectivity index (χ3n) is 12.3. The monoisotopic (exact) mass is 763 g/mol. The van der Waals surface area contributed by atoms with Crippen molar-refractivity contribution in [2.45, 2.75) is 53.9 Å². The first-order valence-electron chi connectivity index (χ1n) is 20.8. The number of hydrogen-bond donors (Lipinski definition) is 0. The van der Waals surface area contributed by atoms with Crippen LogP contribution in [0.2, 0.25) is 0 Å². The summed E-state index contributed by atoms with van der Waals surface area (Å²) in [6.07, 6.45) is 8.51. The van der Waals surface area contributed by atoms with Gasteiger partial charge in [0, 0.05) is 22.5 Å². The first-order chi connectivity index (χ1) is 28.6. The molecule has 59 heavy (non-hydrogen) atoms. The molecule has 0 bridgehead atoms. The summed E-state index contributed by atoms with van der Waals surface area (Å²) in [6.45, 7) is 19.5. The summed E-state index contributed by atoms with van der Waals surface area (Å²) in [4.78, 5) is 2.41. The fourth-order valence-electron chi connectivity index (χ4n) is 8.86. The Labute approximate surface area is 352 Å². The molecule has 1 nitrogen and oxygen atoms in total. The number of benzene rings is 7. The van der Waals surface area contributed by atoms with Gasteiger partial charge in [0.2, 0.25) is 0 Å². The highest BCUT2D eigenvalue weighted by Gasteiger charge is 2.41. The Morgan fingerprint density at radius 2 is 1.15 bits per heavy atom. The van der Waals surface area contributed by atoms with Gasteiger partial charge in [-0.3, -0.25) is 0 Å². The van der Waals surface area contributed by atoms with Gasteiger partial charge in [-0.15, -0.1) is 0 Å². The fraction of sp³-hybridized carbons (Fsp3) is 0.138. The molecule has 0 spiro atoms. The zero-order valence-electron chi connectivity index (χ0n) is 35.5. The quantitative estimate of drug-likeness (QED) is 0.125. The molecule has 290 valence electrons. The Bertz CT molecular complexity index is 2780. The molecule has 0 saturated carbocycles. The van der Waals surface area contributed by atoms with Crippen LogP contribution in [0.4, 0.5) is 17.1 Å². The van der Waals surface area contributed by atoms with E-state index >= 15 is 0 Å². The van der Waals surface area contributed by atoms with Crippen molar-refractivity contribution >= 4 is 22.6 Å². The molecular weight excluding hydrogens is 711 g/mol. The summed E-state index contributed by atoms with van der Waals surface area (Å²) >= 11 is 0. The maximum absolute atomic E-state index is 4.26. The van der Waals surface area contributed by atoms with Crippen molar-refractivity contribution in [1.82, 2.24) is 0 Å². The number of allylic oxidation sites excluding steroid dienone is 7. The van der Waals surface area contributed by atoms with Gasteiger partial charge in [0.15, 0.2) is 0 Å². The lowest BCUT2D eigenvalue weighted by Gasteiger charge is -2.31. The lowest BCUT2D eigenvalue weighted by Crippen LogP contribution is -2.22. The molecule has 1 unspecified atom stereocenters. The molecule has 0 saturated heterocycles. The number of rotatable bonds is 10. The van der Waals surface area contributed by atoms with Gasteiger partial charge in [-0.25, -0.2) is 0 Å². The normalized spacial score (nSPS) is 15.0. The average Bonchev–Trinajstić information content (AvgIpc) is 3.53. The van der Waals surface area contributed by atoms with E-state index in [1.807, 2.05) is 13.0 Å². The van der Waals surface area contributed by atoms with Crippen molar-refractivity contribution in [3.05, 3.63) is 239 Å². The molecule has 1 aliphatic rings. The lowest BCUT2D eigenvalue weighted by atomic mass is 9.74. The maximum Gasteiger partial charge on any atom is 0.0465 e. The van der Waals surface area contributed by atoms with Gasteiger partial charge in [-0.05, 0) is 174 Å². The number of aryl methyl sites for hydroxylation is 3. The van der Waals surface area contributed by atoms with E-state index in [1.54, 1.807) is 0 Å². The Morgan fingerprint density at radius 3 is 1.85 bits per heavy atom. The smallest absolute Gasteiger partial charge is 0.0465 e. The maximum atomic E-state index is 4.26. The zero-order valence-corrected chi connectivity index (χ0v) is 35.5. The molecule has 0 heterocycles. The van der Waals surface area contributed by atoms with E-state index in [0.29, 0.717) is 0 Å². The van der Waals surface area contributed by atoms with Gasteiger partial charge < -0.3 is 4.90 Å². The summed E-state index contributed by atoms with van der Waals surface area (Å²) < 4.78 is 0. The van der Waals surface area contributed by atoms with Crippen LogP contribution < -0.4 is 4.90 Å². The van der Waals surface area contributed by atoms with Crippen LogP contribution in [0, 0.1) is 20.8 Å². The standard InChI is InChI=1S/C58H53N/c1-9-16-40(4)43(7)36-44(10-2)45-25-29-49(30-26-45)59(50-31-27-46(28-32-50)47-24-23-42(6)55(37-47)54-35-39(3)21-22-41(54)5)51-33-34-53-52-19-14-15-20-56(52)58(8,57(53)38-51)48-17-12-11-13-18-48/h9-38H,4H2,1-3,5-8H3/b16-9-,43-36+,44-10+. The van der Waals surface area contributed by atoms with Gasteiger partial charge in [0.25, 0.3) is 0 Å². The number of hydrogen-bond acceptors (Lipinski definition) is 1. The van der Waals surface area contributed by atoms with Crippen LogP contribution in [0.1, 0.15) is 66.6 Å². The molecule has 1 heteroatoms. The van der Waals surface area contributed by atoms with Gasteiger partial charge in [0.1, 0.15) is 0 Å². The Kier molecular flexibility index (Phi) is 10.8. The molecule has 1 atom stereocenters. The topological polar surface area (TPSA) is 3.24 Å². The van der Waals surface area contributed by atoms with E-state index in [0.717, 1.165) is 28.2 Å². The van der Waals surface area contributed by atoms with Crippen LogP contribution in [-0.2, 0) is 5.41 Å². The van der Waals surface area contributed by atoms with Crippen LogP contribution in [-0.4, -0.2) is 0 Å². The highest BCUT2D eigenvalue weighted by molar-refractivity contribution is 5.88. The molecule has 7 aromatic rings. The number of fused-ring (bicyclic) bond motifs is 3. The Morgan fingerprint density at radius 1 is 0.559 bits per heavy atom. The molecule has 8 rings (SSSR count). The van der Waals surface area contributed by atoms with Crippen LogP contribution in [0.15, 0.2) is 200 Å². The van der Waals surface area contributed by atoms with Crippen LogP contribution in [0.25, 0.3) is 39.0 Å². The first kappa shape index (κ1) is 39.1. The molecule has 7 aromatic carbocycles. The minimum atomic E-state index is -0.302. The predicted octanol–water partition coefficient (Wildman–Crippen LogP) is 16.2. The second-order valence-corrected chi connectivity index (χ2v) is 16.1. The highest BCUT2D eigenvalue weighted by Crippen LogP contribution is 2.54. The molecule has 0 aliphatic heterocycles. The predicted molar refractivity (Wildman–Crippen MR) is 255 cm³/mol. The minimum absolute atomic E-state index is 0.302. The molecule has 0 radical (unpaired) electrons. The molecule has 0 N–H and O–H groups in total. The minimum Gasteiger partial charge on any atom is -0.310 e. The van der Waals surface area contributed by atoms with Gasteiger partial charge >= 0.3 is 0 Å². The van der Waals surface area contributed by atoms with E-state index in [2.05, 4.69) is 229 Å². The fourth-order valence-corrected chi connectivity index (χ4v) is 8.86. The van der Waals surface area contributed by atoms with E-state index in [1.165, 1.54) is 77.9 Å². The third kappa shape index (κ3) is 7.34. The molecule has 0 amide bonds. The largest absolute Gasteiger partial charge is 0.310 e. The van der Waals surface area contributed by atoms with Crippen LogP contribution in [0.5, 0.6) is 0 Å². The van der Waals surface area contributed by atoms with Crippen molar-refractivity contribution in [2.75, 3.05) is 4.90 Å². The second-order valence-electron chi connectivity index (χ2n) is 16.1. The summed E-state index contributed by atoms with van der Waals surface area (Å²) in [7, 11) is 0. The summed E-state index contributed by atoms with van der Waals surface area (Å²) in [5.74, 6) is 0. The van der Waals surface area contributed by atoms with Gasteiger partial charge in [-0.1, -0.05) is 152 Å². The van der Waals surface area contributed by atoms with Crippen molar-refractivity contribution in [2.24, 2.45) is 0 Å². The van der Waals surface area contributed by atoms with Crippen LogP contribution >= 0.6 is 0 Å². The Balaban J connectivity index is 1.24. The molecular formula is C58H53N. The van der Waals surface area contributed by atoms with Gasteiger partial charge in [-0.2, -0.15) is 0 Å².